The molecule has 0 spiro atoms. The Morgan fingerprint density at radius 3 is 2.67 bits per heavy atom. The molecule has 0 bridgehead atoms. The number of hydrogen-bond acceptors (Lipinski definition) is 2. The number of hydrogen-bond donors (Lipinski definition) is 0. The fraction of sp³-hybridized carbons (Fsp3) is 1.00. The van der Waals surface area contributed by atoms with Crippen LogP contribution in [0.4, 0.5) is 0 Å². The van der Waals surface area contributed by atoms with Crippen LogP contribution in [0.2, 0.25) is 0 Å². The monoisotopic (exact) mass is 151 g/mol. The second-order valence-corrected chi connectivity index (χ2v) is 2.23. The number of rotatable bonds is 0. The third kappa shape index (κ3) is 0.929. The van der Waals surface area contributed by atoms with Crippen molar-refractivity contribution in [2.75, 3.05) is 19.9 Å². The Morgan fingerprint density at radius 1 is 1.67 bits per heavy atom. The SMILES string of the molecule is BrN1CCOC1. The predicted octanol–water partition coefficient (Wildman–Crippen LogP) is 0.586. The molecular weight excluding hydrogens is 146 g/mol. The van der Waals surface area contributed by atoms with Crippen LogP contribution in [0.1, 0.15) is 0 Å². The van der Waals surface area contributed by atoms with Gasteiger partial charge in [0.15, 0.2) is 0 Å². The molecule has 0 N–H and O–H groups in total. The zero-order valence-corrected chi connectivity index (χ0v) is 4.94. The van der Waals surface area contributed by atoms with Gasteiger partial charge in [0.2, 0.25) is 0 Å². The van der Waals surface area contributed by atoms with E-state index in [1.807, 2.05) is 3.93 Å². The van der Waals surface area contributed by atoms with Crippen molar-refractivity contribution < 1.29 is 4.74 Å². The van der Waals surface area contributed by atoms with E-state index in [-0.39, 0.29) is 0 Å². The summed E-state index contributed by atoms with van der Waals surface area (Å²) >= 11 is 3.25. The molecule has 0 unspecified atom stereocenters. The lowest BCUT2D eigenvalue weighted by atomic mass is 10.7. The van der Waals surface area contributed by atoms with Gasteiger partial charge >= 0.3 is 0 Å². The van der Waals surface area contributed by atoms with E-state index in [4.69, 9.17) is 4.74 Å². The molecule has 3 heteroatoms. The van der Waals surface area contributed by atoms with Crippen molar-refractivity contribution in [1.82, 2.24) is 3.93 Å². The highest BCUT2D eigenvalue weighted by atomic mass is 79.9. The van der Waals surface area contributed by atoms with E-state index in [1.54, 1.807) is 0 Å². The molecule has 0 aromatic heterocycles. The van der Waals surface area contributed by atoms with Crippen molar-refractivity contribution in [3.05, 3.63) is 0 Å². The molecule has 36 valence electrons. The highest BCUT2D eigenvalue weighted by molar-refractivity contribution is 9.07. The van der Waals surface area contributed by atoms with Gasteiger partial charge in [-0.25, -0.2) is 3.93 Å². The van der Waals surface area contributed by atoms with Gasteiger partial charge in [0.25, 0.3) is 0 Å². The first-order valence-electron chi connectivity index (χ1n) is 1.88. The molecule has 0 amide bonds. The molecular formula is C3H6BrNO. The minimum absolute atomic E-state index is 0.736. The number of halogens is 1. The summed E-state index contributed by atoms with van der Waals surface area (Å²) in [5.41, 5.74) is 0. The average molecular weight is 152 g/mol. The Morgan fingerprint density at radius 2 is 2.50 bits per heavy atom. The fourth-order valence-electron chi connectivity index (χ4n) is 0.392. The molecule has 0 aromatic carbocycles. The van der Waals surface area contributed by atoms with Crippen LogP contribution < -0.4 is 0 Å². The highest BCUT2D eigenvalue weighted by Crippen LogP contribution is 2.02. The first kappa shape index (κ1) is 4.56. The first-order chi connectivity index (χ1) is 2.89. The topological polar surface area (TPSA) is 12.5 Å². The van der Waals surface area contributed by atoms with E-state index >= 15 is 0 Å². The number of ether oxygens (including phenoxy) is 1. The summed E-state index contributed by atoms with van der Waals surface area (Å²) < 4.78 is 6.89. The van der Waals surface area contributed by atoms with Crippen LogP contribution in [0.25, 0.3) is 0 Å². The molecule has 1 aliphatic heterocycles. The molecule has 1 heterocycles. The van der Waals surface area contributed by atoms with Gasteiger partial charge < -0.3 is 4.74 Å². The van der Waals surface area contributed by atoms with Crippen LogP contribution in [0.15, 0.2) is 0 Å². The molecule has 0 atom stereocenters. The maximum absolute atomic E-state index is 4.94. The van der Waals surface area contributed by atoms with Crippen molar-refractivity contribution in [1.29, 1.82) is 0 Å². The van der Waals surface area contributed by atoms with E-state index in [1.165, 1.54) is 0 Å². The zero-order chi connectivity index (χ0) is 4.41. The van der Waals surface area contributed by atoms with Gasteiger partial charge in [-0.15, -0.1) is 0 Å². The fourth-order valence-corrected chi connectivity index (χ4v) is 0.681. The minimum atomic E-state index is 0.736. The highest BCUT2D eigenvalue weighted by Gasteiger charge is 2.05. The molecule has 0 aromatic rings. The quantitative estimate of drug-likeness (QED) is 0.471. The van der Waals surface area contributed by atoms with Crippen LogP contribution in [-0.4, -0.2) is 23.8 Å². The Hall–Kier alpha value is 0.400. The average Bonchev–Trinajstić information content (AvgIpc) is 1.86. The summed E-state index contributed by atoms with van der Waals surface area (Å²) in [5.74, 6) is 0. The summed E-state index contributed by atoms with van der Waals surface area (Å²) in [6.07, 6.45) is 0. The van der Waals surface area contributed by atoms with Gasteiger partial charge in [0.1, 0.15) is 6.73 Å². The molecule has 0 radical (unpaired) electrons. The van der Waals surface area contributed by atoms with E-state index < -0.39 is 0 Å². The summed E-state index contributed by atoms with van der Waals surface area (Å²) in [5, 5.41) is 0. The number of nitrogens with zero attached hydrogens (tertiary/aromatic N) is 1. The first-order valence-corrected chi connectivity index (χ1v) is 2.59. The Kier molecular flexibility index (Phi) is 1.45. The minimum Gasteiger partial charge on any atom is -0.364 e. The largest absolute Gasteiger partial charge is 0.364 e. The maximum Gasteiger partial charge on any atom is 0.109 e. The summed E-state index contributed by atoms with van der Waals surface area (Å²) in [6, 6.07) is 0. The molecule has 2 nitrogen and oxygen atoms in total. The molecule has 0 saturated carbocycles. The van der Waals surface area contributed by atoms with Gasteiger partial charge in [-0.1, -0.05) is 0 Å². The van der Waals surface area contributed by atoms with E-state index in [2.05, 4.69) is 16.1 Å². The standard InChI is InChI=1S/C3H6BrNO/c4-5-1-2-6-3-5/h1-3H2. The Labute approximate surface area is 45.4 Å². The van der Waals surface area contributed by atoms with Gasteiger partial charge in [0.05, 0.1) is 6.61 Å². The normalized spacial score (nSPS) is 25.5. The third-order valence-corrected chi connectivity index (χ3v) is 1.27. The lowest BCUT2D eigenvalue weighted by molar-refractivity contribution is 0.177. The molecule has 1 fully saturated rings. The van der Waals surface area contributed by atoms with Gasteiger partial charge in [0, 0.05) is 22.7 Å². The van der Waals surface area contributed by atoms with Crippen molar-refractivity contribution >= 4 is 16.1 Å². The van der Waals surface area contributed by atoms with E-state index in [0.29, 0.717) is 0 Å². The van der Waals surface area contributed by atoms with Crippen molar-refractivity contribution in [2.24, 2.45) is 0 Å². The summed E-state index contributed by atoms with van der Waals surface area (Å²) in [7, 11) is 0. The lowest BCUT2D eigenvalue weighted by Gasteiger charge is -1.94. The third-order valence-electron chi connectivity index (χ3n) is 0.710. The van der Waals surface area contributed by atoms with Gasteiger partial charge in [-0.05, 0) is 0 Å². The van der Waals surface area contributed by atoms with Crippen molar-refractivity contribution in [3.8, 4) is 0 Å². The smallest absolute Gasteiger partial charge is 0.109 e. The van der Waals surface area contributed by atoms with Crippen molar-refractivity contribution in [3.63, 3.8) is 0 Å². The lowest BCUT2D eigenvalue weighted by Crippen LogP contribution is -2.02. The van der Waals surface area contributed by atoms with Crippen LogP contribution >= 0.6 is 16.1 Å². The van der Waals surface area contributed by atoms with Crippen LogP contribution in [0.5, 0.6) is 0 Å². The van der Waals surface area contributed by atoms with E-state index in [0.717, 1.165) is 19.9 Å². The second-order valence-electron chi connectivity index (χ2n) is 1.22. The van der Waals surface area contributed by atoms with Crippen LogP contribution in [-0.2, 0) is 4.74 Å². The van der Waals surface area contributed by atoms with Gasteiger partial charge in [-0.2, -0.15) is 0 Å². The van der Waals surface area contributed by atoms with Gasteiger partial charge in [-0.3, -0.25) is 0 Å². The predicted molar refractivity (Wildman–Crippen MR) is 26.5 cm³/mol. The summed E-state index contributed by atoms with van der Waals surface area (Å²) in [6.45, 7) is 2.62. The molecule has 1 rings (SSSR count). The van der Waals surface area contributed by atoms with E-state index in [9.17, 15) is 0 Å². The Bertz CT molecular complexity index is 44.1. The van der Waals surface area contributed by atoms with Crippen LogP contribution in [0.3, 0.4) is 0 Å². The summed E-state index contributed by atoms with van der Waals surface area (Å²) in [4.78, 5) is 0. The molecule has 1 aliphatic rings. The molecule has 6 heavy (non-hydrogen) atoms. The molecule has 0 aliphatic carbocycles. The maximum atomic E-state index is 4.94. The van der Waals surface area contributed by atoms with Crippen molar-refractivity contribution in [2.45, 2.75) is 0 Å². The van der Waals surface area contributed by atoms with Crippen LogP contribution in [0, 0.1) is 0 Å². The molecule has 1 saturated heterocycles. The Balaban J connectivity index is 2.18. The second kappa shape index (κ2) is 1.91. The zero-order valence-electron chi connectivity index (χ0n) is 3.35.